The van der Waals surface area contributed by atoms with Crippen LogP contribution >= 0.6 is 0 Å². The molecule has 0 fully saturated rings. The van der Waals surface area contributed by atoms with Crippen LogP contribution in [0.25, 0.3) is 6.08 Å². The molecular weight excluding hydrogens is 328 g/mol. The number of ketones is 1. The second kappa shape index (κ2) is 8.48. The molecule has 1 aliphatic rings. The van der Waals surface area contributed by atoms with Gasteiger partial charge in [-0.2, -0.15) is 0 Å². The van der Waals surface area contributed by atoms with Crippen molar-refractivity contribution < 1.29 is 19.1 Å². The third kappa shape index (κ3) is 4.39. The third-order valence-electron chi connectivity index (χ3n) is 4.55. The zero-order valence-corrected chi connectivity index (χ0v) is 14.9. The number of para-hydroxylation sites is 1. The Labute approximate surface area is 153 Å². The van der Waals surface area contributed by atoms with Gasteiger partial charge in [0.1, 0.15) is 5.75 Å². The lowest BCUT2D eigenvalue weighted by Gasteiger charge is -2.16. The first-order valence-electron chi connectivity index (χ1n) is 8.80. The number of ether oxygens (including phenoxy) is 2. The SMILES string of the molecule is COc1ccccc1/C=C/C(=O)OCC(=O)c1ccc2c(c1)CCCC2. The van der Waals surface area contributed by atoms with Gasteiger partial charge in [-0.25, -0.2) is 4.79 Å². The molecule has 2 aromatic rings. The topological polar surface area (TPSA) is 52.6 Å². The molecule has 4 nitrogen and oxygen atoms in total. The number of methoxy groups -OCH3 is 1. The lowest BCUT2D eigenvalue weighted by atomic mass is 9.90. The smallest absolute Gasteiger partial charge is 0.331 e. The maximum Gasteiger partial charge on any atom is 0.331 e. The van der Waals surface area contributed by atoms with Gasteiger partial charge in [0.25, 0.3) is 0 Å². The Morgan fingerprint density at radius 2 is 1.81 bits per heavy atom. The van der Waals surface area contributed by atoms with Crippen LogP contribution in [0.5, 0.6) is 5.75 Å². The molecule has 0 atom stereocenters. The van der Waals surface area contributed by atoms with Gasteiger partial charge in [-0.05, 0) is 55.0 Å². The highest BCUT2D eigenvalue weighted by Gasteiger charge is 2.14. The number of hydrogen-bond donors (Lipinski definition) is 0. The molecule has 0 N–H and O–H groups in total. The molecule has 0 spiro atoms. The van der Waals surface area contributed by atoms with Crippen LogP contribution in [0.15, 0.2) is 48.5 Å². The van der Waals surface area contributed by atoms with Crippen molar-refractivity contribution in [1.82, 2.24) is 0 Å². The van der Waals surface area contributed by atoms with E-state index in [-0.39, 0.29) is 12.4 Å². The predicted octanol–water partition coefficient (Wildman–Crippen LogP) is 4.01. The Hall–Kier alpha value is -2.88. The van der Waals surface area contributed by atoms with E-state index in [2.05, 4.69) is 0 Å². The molecule has 4 heteroatoms. The minimum absolute atomic E-state index is 0.183. The quantitative estimate of drug-likeness (QED) is 0.449. The molecule has 0 saturated carbocycles. The van der Waals surface area contributed by atoms with Gasteiger partial charge in [-0.3, -0.25) is 4.79 Å². The van der Waals surface area contributed by atoms with Crippen LogP contribution in [-0.4, -0.2) is 25.5 Å². The van der Waals surface area contributed by atoms with E-state index in [0.717, 1.165) is 24.8 Å². The van der Waals surface area contributed by atoms with Crippen molar-refractivity contribution in [3.63, 3.8) is 0 Å². The summed E-state index contributed by atoms with van der Waals surface area (Å²) in [6.45, 7) is -0.256. The van der Waals surface area contributed by atoms with Crippen molar-refractivity contribution in [2.75, 3.05) is 13.7 Å². The van der Waals surface area contributed by atoms with E-state index in [1.165, 1.54) is 23.6 Å². The minimum atomic E-state index is -0.554. The van der Waals surface area contributed by atoms with Crippen molar-refractivity contribution in [3.8, 4) is 5.75 Å². The van der Waals surface area contributed by atoms with Crippen molar-refractivity contribution in [1.29, 1.82) is 0 Å². The molecule has 2 aromatic carbocycles. The highest BCUT2D eigenvalue weighted by atomic mass is 16.5. The highest BCUT2D eigenvalue weighted by Crippen LogP contribution is 2.22. The first-order chi connectivity index (χ1) is 12.7. The number of benzene rings is 2. The van der Waals surface area contributed by atoms with E-state index in [9.17, 15) is 9.59 Å². The average molecular weight is 350 g/mol. The lowest BCUT2D eigenvalue weighted by Crippen LogP contribution is -2.13. The normalized spacial score (nSPS) is 13.3. The van der Waals surface area contributed by atoms with Crippen LogP contribution in [0.4, 0.5) is 0 Å². The summed E-state index contributed by atoms with van der Waals surface area (Å²) in [5.74, 6) is -0.0682. The predicted molar refractivity (Wildman–Crippen MR) is 100 cm³/mol. The summed E-state index contributed by atoms with van der Waals surface area (Å²) in [6.07, 6.45) is 7.37. The van der Waals surface area contributed by atoms with Gasteiger partial charge in [-0.15, -0.1) is 0 Å². The van der Waals surface area contributed by atoms with Gasteiger partial charge in [0.05, 0.1) is 7.11 Å². The second-order valence-corrected chi connectivity index (χ2v) is 6.30. The van der Waals surface area contributed by atoms with Crippen molar-refractivity contribution >= 4 is 17.8 Å². The lowest BCUT2D eigenvalue weighted by molar-refractivity contribution is -0.136. The number of esters is 1. The van der Waals surface area contributed by atoms with Gasteiger partial charge < -0.3 is 9.47 Å². The molecule has 26 heavy (non-hydrogen) atoms. The summed E-state index contributed by atoms with van der Waals surface area (Å²) < 4.78 is 10.3. The third-order valence-corrected chi connectivity index (χ3v) is 4.55. The highest BCUT2D eigenvalue weighted by molar-refractivity contribution is 5.99. The molecule has 0 amide bonds. The Kier molecular flexibility index (Phi) is 5.84. The van der Waals surface area contributed by atoms with Crippen LogP contribution < -0.4 is 4.74 Å². The first kappa shape index (κ1) is 17.9. The molecule has 0 aliphatic heterocycles. The maximum absolute atomic E-state index is 12.3. The average Bonchev–Trinajstić information content (AvgIpc) is 2.70. The summed E-state index contributed by atoms with van der Waals surface area (Å²) in [4.78, 5) is 24.2. The van der Waals surface area contributed by atoms with E-state index in [1.807, 2.05) is 42.5 Å². The summed E-state index contributed by atoms with van der Waals surface area (Å²) >= 11 is 0. The molecule has 0 saturated heterocycles. The fraction of sp³-hybridized carbons (Fsp3) is 0.273. The Bertz CT molecular complexity index is 836. The maximum atomic E-state index is 12.3. The molecule has 0 heterocycles. The van der Waals surface area contributed by atoms with Crippen LogP contribution in [0.3, 0.4) is 0 Å². The molecule has 1 aliphatic carbocycles. The second-order valence-electron chi connectivity index (χ2n) is 6.30. The largest absolute Gasteiger partial charge is 0.496 e. The van der Waals surface area contributed by atoms with Crippen molar-refractivity contribution in [2.24, 2.45) is 0 Å². The molecule has 134 valence electrons. The molecule has 0 bridgehead atoms. The van der Waals surface area contributed by atoms with Crippen LogP contribution in [-0.2, 0) is 22.4 Å². The van der Waals surface area contributed by atoms with E-state index >= 15 is 0 Å². The van der Waals surface area contributed by atoms with Gasteiger partial charge >= 0.3 is 5.97 Å². The summed E-state index contributed by atoms with van der Waals surface area (Å²) in [6, 6.07) is 13.1. The van der Waals surface area contributed by atoms with Gasteiger partial charge in [-0.1, -0.05) is 30.3 Å². The molecule has 0 aromatic heterocycles. The molecule has 0 unspecified atom stereocenters. The van der Waals surface area contributed by atoms with Crippen molar-refractivity contribution in [3.05, 3.63) is 70.8 Å². The summed E-state index contributed by atoms with van der Waals surface area (Å²) in [5.41, 5.74) is 3.94. The monoisotopic (exact) mass is 350 g/mol. The fourth-order valence-corrected chi connectivity index (χ4v) is 3.14. The van der Waals surface area contributed by atoms with Crippen LogP contribution in [0, 0.1) is 0 Å². The molecular formula is C22H22O4. The number of rotatable bonds is 6. The fourth-order valence-electron chi connectivity index (χ4n) is 3.14. The van der Waals surface area contributed by atoms with Gasteiger partial charge in [0.15, 0.2) is 12.4 Å². The van der Waals surface area contributed by atoms with Crippen LogP contribution in [0.1, 0.15) is 39.9 Å². The van der Waals surface area contributed by atoms with E-state index in [1.54, 1.807) is 13.2 Å². The van der Waals surface area contributed by atoms with Gasteiger partial charge in [0, 0.05) is 17.2 Å². The summed E-state index contributed by atoms with van der Waals surface area (Å²) in [5, 5.41) is 0. The number of fused-ring (bicyclic) bond motifs is 1. The standard InChI is InChI=1S/C22H22O4/c1-25-21-9-5-4-7-17(21)12-13-22(24)26-15-20(23)19-11-10-16-6-2-3-8-18(16)14-19/h4-5,7,9-14H,2-3,6,8,15H2,1H3/b13-12+. The Morgan fingerprint density at radius 3 is 2.62 bits per heavy atom. The Morgan fingerprint density at radius 1 is 1.04 bits per heavy atom. The number of carbonyl (C=O) groups excluding carboxylic acids is 2. The Balaban J connectivity index is 1.57. The van der Waals surface area contributed by atoms with E-state index < -0.39 is 5.97 Å². The van der Waals surface area contributed by atoms with Crippen LogP contribution in [0.2, 0.25) is 0 Å². The zero-order valence-electron chi connectivity index (χ0n) is 14.9. The minimum Gasteiger partial charge on any atom is -0.496 e. The van der Waals surface area contributed by atoms with Gasteiger partial charge in [0.2, 0.25) is 0 Å². The molecule has 3 rings (SSSR count). The first-order valence-corrected chi connectivity index (χ1v) is 8.80. The van der Waals surface area contributed by atoms with E-state index in [4.69, 9.17) is 9.47 Å². The zero-order chi connectivity index (χ0) is 18.4. The van der Waals surface area contributed by atoms with E-state index in [0.29, 0.717) is 11.3 Å². The molecule has 0 radical (unpaired) electrons. The number of carbonyl (C=O) groups is 2. The number of aryl methyl sites for hydroxylation is 2. The number of Topliss-reactive ketones (excluding diaryl/α,β-unsaturated/α-hetero) is 1. The summed E-state index contributed by atoms with van der Waals surface area (Å²) in [7, 11) is 1.57. The number of hydrogen-bond acceptors (Lipinski definition) is 4. The van der Waals surface area contributed by atoms with Crippen molar-refractivity contribution in [2.45, 2.75) is 25.7 Å².